The molecule has 0 saturated carbocycles. The first-order valence-corrected chi connectivity index (χ1v) is 6.95. The maximum Gasteiger partial charge on any atom is 0.114 e. The number of imidazole rings is 1. The van der Waals surface area contributed by atoms with Crippen molar-refractivity contribution in [3.63, 3.8) is 0 Å². The molecule has 0 amide bonds. The minimum Gasteiger partial charge on any atom is -0.399 e. The van der Waals surface area contributed by atoms with Gasteiger partial charge in [-0.05, 0) is 37.6 Å². The highest BCUT2D eigenvalue weighted by Crippen LogP contribution is 2.24. The summed E-state index contributed by atoms with van der Waals surface area (Å²) >= 11 is 0. The summed E-state index contributed by atoms with van der Waals surface area (Å²) in [5.41, 5.74) is 10.0. The molecule has 0 bridgehead atoms. The van der Waals surface area contributed by atoms with Gasteiger partial charge in [-0.2, -0.15) is 0 Å². The zero-order chi connectivity index (χ0) is 14.1. The van der Waals surface area contributed by atoms with Crippen molar-refractivity contribution in [2.45, 2.75) is 26.3 Å². The molecule has 0 aliphatic carbocycles. The van der Waals surface area contributed by atoms with Crippen molar-refractivity contribution < 1.29 is 0 Å². The van der Waals surface area contributed by atoms with Gasteiger partial charge in [-0.3, -0.25) is 0 Å². The molecule has 3 heteroatoms. The van der Waals surface area contributed by atoms with Gasteiger partial charge < -0.3 is 10.3 Å². The van der Waals surface area contributed by atoms with Gasteiger partial charge in [0.2, 0.25) is 0 Å². The fourth-order valence-electron chi connectivity index (χ4n) is 2.65. The van der Waals surface area contributed by atoms with Crippen LogP contribution in [0.1, 0.15) is 31.3 Å². The average molecular weight is 265 g/mol. The smallest absolute Gasteiger partial charge is 0.114 e. The Morgan fingerprint density at radius 1 is 1.10 bits per heavy atom. The molecule has 1 heterocycles. The van der Waals surface area contributed by atoms with Crippen LogP contribution in [-0.4, -0.2) is 9.55 Å². The predicted molar refractivity (Wildman–Crippen MR) is 83.8 cm³/mol. The van der Waals surface area contributed by atoms with Gasteiger partial charge in [-0.25, -0.2) is 4.98 Å². The van der Waals surface area contributed by atoms with Crippen molar-refractivity contribution in [1.29, 1.82) is 0 Å². The van der Waals surface area contributed by atoms with E-state index < -0.39 is 0 Å². The first-order valence-electron chi connectivity index (χ1n) is 6.95. The first kappa shape index (κ1) is 12.7. The van der Waals surface area contributed by atoms with Gasteiger partial charge in [0, 0.05) is 18.2 Å². The first-order chi connectivity index (χ1) is 9.65. The van der Waals surface area contributed by atoms with Crippen LogP contribution < -0.4 is 5.73 Å². The summed E-state index contributed by atoms with van der Waals surface area (Å²) in [5.74, 6) is 1.09. The van der Waals surface area contributed by atoms with E-state index in [0.29, 0.717) is 6.04 Å². The Labute approximate surface area is 119 Å². The minimum absolute atomic E-state index is 0.377. The van der Waals surface area contributed by atoms with Gasteiger partial charge in [0.25, 0.3) is 0 Å². The number of fused-ring (bicyclic) bond motifs is 1. The molecule has 2 N–H and O–H groups in total. The summed E-state index contributed by atoms with van der Waals surface area (Å²) < 4.78 is 2.29. The topological polar surface area (TPSA) is 43.8 Å². The van der Waals surface area contributed by atoms with E-state index in [9.17, 15) is 0 Å². The summed E-state index contributed by atoms with van der Waals surface area (Å²) in [6.07, 6.45) is 0.841. The van der Waals surface area contributed by atoms with Crippen LogP contribution in [0.25, 0.3) is 11.0 Å². The molecule has 3 aromatic rings. The average Bonchev–Trinajstić information content (AvgIpc) is 2.76. The van der Waals surface area contributed by atoms with Crippen molar-refractivity contribution in [2.24, 2.45) is 0 Å². The van der Waals surface area contributed by atoms with Crippen molar-refractivity contribution in [1.82, 2.24) is 9.55 Å². The Kier molecular flexibility index (Phi) is 3.18. The molecule has 102 valence electrons. The molecule has 3 rings (SSSR count). The number of nitrogens with zero attached hydrogens (tertiary/aromatic N) is 2. The number of hydrogen-bond acceptors (Lipinski definition) is 2. The van der Waals surface area contributed by atoms with Crippen LogP contribution in [0.4, 0.5) is 5.69 Å². The second-order valence-corrected chi connectivity index (χ2v) is 5.40. The van der Waals surface area contributed by atoms with Crippen LogP contribution in [0.15, 0.2) is 48.5 Å². The Balaban J connectivity index is 2.12. The molecule has 0 saturated heterocycles. The molecule has 0 fully saturated rings. The van der Waals surface area contributed by atoms with Gasteiger partial charge in [0.15, 0.2) is 0 Å². The molecular formula is C17H19N3. The molecule has 1 aromatic heterocycles. The Hall–Kier alpha value is -2.29. The van der Waals surface area contributed by atoms with Crippen molar-refractivity contribution >= 4 is 16.7 Å². The number of anilines is 1. The van der Waals surface area contributed by atoms with Gasteiger partial charge in [0.1, 0.15) is 5.82 Å². The number of aromatic nitrogens is 2. The molecule has 20 heavy (non-hydrogen) atoms. The standard InChI is InChI=1S/C17H19N3/c1-12(2)20-16-9-8-14(18)11-15(16)19-17(20)10-13-6-4-3-5-7-13/h3-9,11-12H,10,18H2,1-2H3. The van der Waals surface area contributed by atoms with Crippen LogP contribution in [0.5, 0.6) is 0 Å². The van der Waals surface area contributed by atoms with Crippen molar-refractivity contribution in [3.05, 3.63) is 59.9 Å². The highest BCUT2D eigenvalue weighted by atomic mass is 15.1. The van der Waals surface area contributed by atoms with E-state index in [2.05, 4.69) is 48.7 Å². The largest absolute Gasteiger partial charge is 0.399 e. The normalized spacial score (nSPS) is 11.3. The third-order valence-corrected chi connectivity index (χ3v) is 3.51. The number of benzene rings is 2. The zero-order valence-electron chi connectivity index (χ0n) is 11.9. The molecule has 0 atom stereocenters. The van der Waals surface area contributed by atoms with Crippen molar-refractivity contribution in [3.8, 4) is 0 Å². The summed E-state index contributed by atoms with van der Waals surface area (Å²) in [6.45, 7) is 4.37. The molecular weight excluding hydrogens is 246 g/mol. The Morgan fingerprint density at radius 2 is 1.85 bits per heavy atom. The number of nitrogen functional groups attached to an aromatic ring is 1. The number of hydrogen-bond donors (Lipinski definition) is 1. The van der Waals surface area contributed by atoms with Gasteiger partial charge in [-0.15, -0.1) is 0 Å². The SMILES string of the molecule is CC(C)n1c(Cc2ccccc2)nc2cc(N)ccc21. The van der Waals surface area contributed by atoms with Crippen LogP contribution in [0.3, 0.4) is 0 Å². The molecule has 0 unspecified atom stereocenters. The van der Waals surface area contributed by atoms with E-state index in [1.807, 2.05) is 18.2 Å². The molecule has 3 nitrogen and oxygen atoms in total. The lowest BCUT2D eigenvalue weighted by Crippen LogP contribution is -2.06. The van der Waals surface area contributed by atoms with E-state index in [1.54, 1.807) is 0 Å². The van der Waals surface area contributed by atoms with Gasteiger partial charge in [-0.1, -0.05) is 30.3 Å². The Morgan fingerprint density at radius 3 is 2.55 bits per heavy atom. The lowest BCUT2D eigenvalue weighted by Gasteiger charge is -2.13. The summed E-state index contributed by atoms with van der Waals surface area (Å²) in [6, 6.07) is 16.8. The number of rotatable bonds is 3. The second kappa shape index (κ2) is 5.00. The maximum atomic E-state index is 5.86. The molecule has 0 aliphatic heterocycles. The fraction of sp³-hybridized carbons (Fsp3) is 0.235. The lowest BCUT2D eigenvalue weighted by atomic mass is 10.1. The Bertz CT molecular complexity index is 727. The predicted octanol–water partition coefficient (Wildman–Crippen LogP) is 3.79. The lowest BCUT2D eigenvalue weighted by molar-refractivity contribution is 0.591. The maximum absolute atomic E-state index is 5.86. The minimum atomic E-state index is 0.377. The molecule has 0 radical (unpaired) electrons. The van der Waals surface area contributed by atoms with Crippen LogP contribution in [0, 0.1) is 0 Å². The fourth-order valence-corrected chi connectivity index (χ4v) is 2.65. The van der Waals surface area contributed by atoms with E-state index in [1.165, 1.54) is 5.56 Å². The monoisotopic (exact) mass is 265 g/mol. The van der Waals surface area contributed by atoms with E-state index in [0.717, 1.165) is 29.0 Å². The summed E-state index contributed by atoms with van der Waals surface area (Å²) in [7, 11) is 0. The van der Waals surface area contributed by atoms with Gasteiger partial charge in [0.05, 0.1) is 11.0 Å². The van der Waals surface area contributed by atoms with Crippen LogP contribution >= 0.6 is 0 Å². The molecule has 0 spiro atoms. The van der Waals surface area contributed by atoms with Crippen LogP contribution in [-0.2, 0) is 6.42 Å². The number of nitrogens with two attached hydrogens (primary N) is 1. The molecule has 0 aliphatic rings. The third kappa shape index (κ3) is 2.27. The third-order valence-electron chi connectivity index (χ3n) is 3.51. The highest BCUT2D eigenvalue weighted by Gasteiger charge is 2.13. The van der Waals surface area contributed by atoms with E-state index >= 15 is 0 Å². The van der Waals surface area contributed by atoms with E-state index in [-0.39, 0.29) is 0 Å². The van der Waals surface area contributed by atoms with Gasteiger partial charge >= 0.3 is 0 Å². The van der Waals surface area contributed by atoms with Crippen molar-refractivity contribution in [2.75, 3.05) is 5.73 Å². The zero-order valence-corrected chi connectivity index (χ0v) is 11.9. The summed E-state index contributed by atoms with van der Waals surface area (Å²) in [4.78, 5) is 4.77. The second-order valence-electron chi connectivity index (χ2n) is 5.40. The molecule has 2 aromatic carbocycles. The quantitative estimate of drug-likeness (QED) is 0.732. The van der Waals surface area contributed by atoms with Crippen LogP contribution in [0.2, 0.25) is 0 Å². The highest BCUT2D eigenvalue weighted by molar-refractivity contribution is 5.79. The summed E-state index contributed by atoms with van der Waals surface area (Å²) in [5, 5.41) is 0. The van der Waals surface area contributed by atoms with E-state index in [4.69, 9.17) is 10.7 Å².